The van der Waals surface area contributed by atoms with Crippen LogP contribution in [0.1, 0.15) is 37.6 Å². The van der Waals surface area contributed by atoms with Gasteiger partial charge in [-0.3, -0.25) is 4.79 Å². The number of aromatic nitrogens is 4. The highest BCUT2D eigenvalue weighted by Gasteiger charge is 2.12. The zero-order valence-electron chi connectivity index (χ0n) is 16.7. The Hall–Kier alpha value is -3.39. The van der Waals surface area contributed by atoms with Crippen LogP contribution in [0, 0.1) is 0 Å². The highest BCUT2D eigenvalue weighted by atomic mass is 32.1. The Labute approximate surface area is 178 Å². The Kier molecular flexibility index (Phi) is 5.94. The maximum atomic E-state index is 12.3. The maximum absolute atomic E-state index is 12.3. The van der Waals surface area contributed by atoms with Gasteiger partial charge in [-0.25, -0.2) is 0 Å². The van der Waals surface area contributed by atoms with E-state index in [9.17, 15) is 4.79 Å². The number of carbonyl (C=O) groups is 1. The van der Waals surface area contributed by atoms with Crippen LogP contribution >= 0.6 is 11.5 Å². The van der Waals surface area contributed by atoms with Gasteiger partial charge < -0.3 is 9.84 Å². The molecular weight excluding hydrogens is 398 g/mol. The van der Waals surface area contributed by atoms with Gasteiger partial charge in [0.25, 0.3) is 0 Å². The van der Waals surface area contributed by atoms with Crippen LogP contribution in [0.25, 0.3) is 22.6 Å². The predicted octanol–water partition coefficient (Wildman–Crippen LogP) is 4.95. The van der Waals surface area contributed by atoms with Gasteiger partial charge in [-0.1, -0.05) is 59.9 Å². The summed E-state index contributed by atoms with van der Waals surface area (Å²) in [5.41, 5.74) is 4.67. The van der Waals surface area contributed by atoms with Crippen molar-refractivity contribution < 1.29 is 9.32 Å². The smallest absolute Gasteiger partial charge is 0.227 e. The molecule has 2 aromatic heterocycles. The maximum Gasteiger partial charge on any atom is 0.227 e. The summed E-state index contributed by atoms with van der Waals surface area (Å²) < 4.78 is 9.16. The van der Waals surface area contributed by atoms with Crippen molar-refractivity contribution in [2.24, 2.45) is 0 Å². The molecule has 1 N–H and O–H groups in total. The lowest BCUT2D eigenvalue weighted by atomic mass is 10.0. The predicted molar refractivity (Wildman–Crippen MR) is 116 cm³/mol. The van der Waals surface area contributed by atoms with Gasteiger partial charge in [0, 0.05) is 35.0 Å². The number of amides is 1. The van der Waals surface area contributed by atoms with Gasteiger partial charge in [0.1, 0.15) is 5.69 Å². The summed E-state index contributed by atoms with van der Waals surface area (Å²) in [5, 5.41) is 12.8. The van der Waals surface area contributed by atoms with Crippen LogP contribution in [-0.4, -0.2) is 25.6 Å². The molecule has 2 aromatic carbocycles. The minimum atomic E-state index is -0.112. The molecule has 0 fully saturated rings. The van der Waals surface area contributed by atoms with Crippen LogP contribution in [0.4, 0.5) is 5.69 Å². The van der Waals surface area contributed by atoms with Crippen molar-refractivity contribution >= 4 is 23.1 Å². The number of hydrogen-bond donors (Lipinski definition) is 1. The lowest BCUT2D eigenvalue weighted by molar-refractivity contribution is -0.116. The second-order valence-electron chi connectivity index (χ2n) is 7.20. The number of benzene rings is 2. The van der Waals surface area contributed by atoms with Gasteiger partial charge in [0.05, 0.1) is 0 Å². The number of anilines is 1. The molecule has 8 heteroatoms. The summed E-state index contributed by atoms with van der Waals surface area (Å²) in [7, 11) is 0. The standard InChI is InChI=1S/C22H21N5O2S/c1-14(2)15-3-5-17(6-4-15)22-24-21(29-26-22)12-11-20(28)23-18-9-7-16(8-10-18)19-13-30-27-25-19/h3-10,13-14H,11-12H2,1-2H3,(H,23,28). The fraction of sp³-hybridized carbons (Fsp3) is 0.227. The van der Waals surface area contributed by atoms with Crippen LogP contribution in [0.2, 0.25) is 0 Å². The molecule has 2 heterocycles. The van der Waals surface area contributed by atoms with Gasteiger partial charge in [-0.2, -0.15) is 4.98 Å². The van der Waals surface area contributed by atoms with Crippen LogP contribution in [0.3, 0.4) is 0 Å². The third-order valence-electron chi connectivity index (χ3n) is 4.69. The number of carbonyl (C=O) groups excluding carboxylic acids is 1. The van der Waals surface area contributed by atoms with E-state index in [0.717, 1.165) is 22.5 Å². The Morgan fingerprint density at radius 1 is 1.07 bits per heavy atom. The quantitative estimate of drug-likeness (QED) is 0.455. The largest absolute Gasteiger partial charge is 0.339 e. The summed E-state index contributed by atoms with van der Waals surface area (Å²) in [4.78, 5) is 16.7. The lowest BCUT2D eigenvalue weighted by Crippen LogP contribution is -2.12. The monoisotopic (exact) mass is 419 g/mol. The number of nitrogens with one attached hydrogen (secondary N) is 1. The van der Waals surface area contributed by atoms with E-state index in [1.54, 1.807) is 0 Å². The van der Waals surface area contributed by atoms with E-state index in [1.807, 2.05) is 41.8 Å². The van der Waals surface area contributed by atoms with Gasteiger partial charge in [0.2, 0.25) is 17.6 Å². The molecule has 4 aromatic rings. The number of hydrogen-bond acceptors (Lipinski definition) is 7. The zero-order valence-corrected chi connectivity index (χ0v) is 17.5. The first-order chi connectivity index (χ1) is 14.6. The molecule has 152 valence electrons. The van der Waals surface area contributed by atoms with Crippen molar-refractivity contribution in [3.8, 4) is 22.6 Å². The average molecular weight is 420 g/mol. The SMILES string of the molecule is CC(C)c1ccc(-c2noc(CCC(=O)Nc3ccc(-c4csnn4)cc3)n2)cc1. The van der Waals surface area contributed by atoms with E-state index in [1.165, 1.54) is 17.1 Å². The van der Waals surface area contributed by atoms with Crippen molar-refractivity contribution in [1.29, 1.82) is 0 Å². The van der Waals surface area contributed by atoms with E-state index in [0.29, 0.717) is 24.1 Å². The molecular formula is C22H21N5O2S. The normalized spacial score (nSPS) is 11.0. The second-order valence-corrected chi connectivity index (χ2v) is 7.81. The number of nitrogens with zero attached hydrogens (tertiary/aromatic N) is 4. The Bertz CT molecular complexity index is 1100. The van der Waals surface area contributed by atoms with Crippen LogP contribution < -0.4 is 5.32 Å². The van der Waals surface area contributed by atoms with Gasteiger partial charge in [0.15, 0.2) is 0 Å². The summed E-state index contributed by atoms with van der Waals surface area (Å²) in [5.74, 6) is 1.34. The first kappa shape index (κ1) is 19.9. The van der Waals surface area contributed by atoms with Crippen molar-refractivity contribution in [3.63, 3.8) is 0 Å². The summed E-state index contributed by atoms with van der Waals surface area (Å²) >= 11 is 1.30. The van der Waals surface area contributed by atoms with Gasteiger partial charge >= 0.3 is 0 Å². The number of rotatable bonds is 7. The van der Waals surface area contributed by atoms with E-state index in [2.05, 4.69) is 51.0 Å². The van der Waals surface area contributed by atoms with E-state index in [-0.39, 0.29) is 12.3 Å². The summed E-state index contributed by atoms with van der Waals surface area (Å²) in [6, 6.07) is 15.6. The van der Waals surface area contributed by atoms with Crippen LogP contribution in [0.5, 0.6) is 0 Å². The third kappa shape index (κ3) is 4.77. The summed E-state index contributed by atoms with van der Waals surface area (Å²) in [6.45, 7) is 4.30. The van der Waals surface area contributed by atoms with Crippen molar-refractivity contribution in [1.82, 2.24) is 19.7 Å². The zero-order chi connectivity index (χ0) is 20.9. The minimum Gasteiger partial charge on any atom is -0.339 e. The topological polar surface area (TPSA) is 93.8 Å². The molecule has 0 spiro atoms. The molecule has 30 heavy (non-hydrogen) atoms. The molecule has 0 saturated heterocycles. The Morgan fingerprint density at radius 3 is 2.47 bits per heavy atom. The molecule has 0 aliphatic heterocycles. The number of aryl methyl sites for hydroxylation is 1. The Morgan fingerprint density at radius 2 is 1.80 bits per heavy atom. The van der Waals surface area contributed by atoms with Crippen molar-refractivity contribution in [2.75, 3.05) is 5.32 Å². The molecule has 0 saturated carbocycles. The average Bonchev–Trinajstić information content (AvgIpc) is 3.45. The molecule has 0 unspecified atom stereocenters. The molecule has 0 aliphatic rings. The molecule has 1 amide bonds. The van der Waals surface area contributed by atoms with Crippen LogP contribution in [-0.2, 0) is 11.2 Å². The third-order valence-corrected chi connectivity index (χ3v) is 5.20. The van der Waals surface area contributed by atoms with Gasteiger partial charge in [-0.05, 0) is 35.1 Å². The highest BCUT2D eigenvalue weighted by Crippen LogP contribution is 2.22. The molecule has 0 aliphatic carbocycles. The fourth-order valence-corrected chi connectivity index (χ4v) is 3.41. The Balaban J connectivity index is 1.31. The van der Waals surface area contributed by atoms with Gasteiger partial charge in [-0.15, -0.1) is 5.10 Å². The van der Waals surface area contributed by atoms with E-state index >= 15 is 0 Å². The molecule has 0 bridgehead atoms. The highest BCUT2D eigenvalue weighted by molar-refractivity contribution is 7.03. The van der Waals surface area contributed by atoms with Crippen molar-refractivity contribution in [2.45, 2.75) is 32.6 Å². The second kappa shape index (κ2) is 8.96. The van der Waals surface area contributed by atoms with Crippen LogP contribution in [0.15, 0.2) is 58.4 Å². The van der Waals surface area contributed by atoms with E-state index in [4.69, 9.17) is 4.52 Å². The minimum absolute atomic E-state index is 0.112. The molecule has 0 atom stereocenters. The van der Waals surface area contributed by atoms with Crippen molar-refractivity contribution in [3.05, 3.63) is 65.4 Å². The fourth-order valence-electron chi connectivity index (χ4n) is 2.95. The first-order valence-electron chi connectivity index (χ1n) is 9.69. The summed E-state index contributed by atoms with van der Waals surface area (Å²) in [6.07, 6.45) is 0.636. The molecule has 7 nitrogen and oxygen atoms in total. The van der Waals surface area contributed by atoms with E-state index < -0.39 is 0 Å². The lowest BCUT2D eigenvalue weighted by Gasteiger charge is -2.05. The first-order valence-corrected chi connectivity index (χ1v) is 10.5. The molecule has 4 rings (SSSR count). The molecule has 0 radical (unpaired) electrons.